The van der Waals surface area contributed by atoms with Crippen molar-refractivity contribution < 1.29 is 14.6 Å². The van der Waals surface area contributed by atoms with E-state index in [0.29, 0.717) is 18.8 Å². The van der Waals surface area contributed by atoms with Crippen LogP contribution >= 0.6 is 0 Å². The monoisotopic (exact) mass is 589 g/mol. The van der Waals surface area contributed by atoms with E-state index in [-0.39, 0.29) is 5.75 Å². The third-order valence-corrected chi connectivity index (χ3v) is 8.09. The number of phenols is 1. The molecule has 0 aliphatic heterocycles. The van der Waals surface area contributed by atoms with Gasteiger partial charge in [0, 0.05) is 0 Å². The van der Waals surface area contributed by atoms with Gasteiger partial charge in [0.2, 0.25) is 0 Å². The van der Waals surface area contributed by atoms with Crippen LogP contribution in [0.4, 0.5) is 0 Å². The van der Waals surface area contributed by atoms with E-state index >= 15 is 0 Å². The fourth-order valence-corrected chi connectivity index (χ4v) is 5.38. The van der Waals surface area contributed by atoms with Crippen LogP contribution in [0.1, 0.15) is 153 Å². The molecule has 0 aliphatic rings. The van der Waals surface area contributed by atoms with E-state index in [9.17, 15) is 10.4 Å². The SMILES string of the molecule is CCCCCCCCCCCCOc1ccc(C=C(C#N)c2ccc(O)cc2)cc1OCCCCCCCCCCCC. The molecule has 1 N–H and O–H groups in total. The molecule has 0 amide bonds. The molecule has 0 radical (unpaired) electrons. The molecule has 0 heterocycles. The van der Waals surface area contributed by atoms with Gasteiger partial charge in [-0.15, -0.1) is 0 Å². The highest BCUT2D eigenvalue weighted by Gasteiger charge is 2.09. The summed E-state index contributed by atoms with van der Waals surface area (Å²) in [5.41, 5.74) is 2.21. The molecule has 238 valence electrons. The number of nitriles is 1. The standard InChI is InChI=1S/C39H59NO3/c1-3-5-7-9-11-13-15-17-19-21-29-42-38-28-23-34(31-36(33-40)35-24-26-37(41)27-25-35)32-39(38)43-30-22-20-18-16-14-12-10-8-6-4-2/h23-28,31-32,41H,3-22,29-30H2,1-2H3. The molecule has 0 spiro atoms. The predicted molar refractivity (Wildman–Crippen MR) is 183 cm³/mol. The van der Waals surface area contributed by atoms with Gasteiger partial charge in [0.1, 0.15) is 5.75 Å². The second kappa shape index (κ2) is 24.5. The second-order valence-corrected chi connectivity index (χ2v) is 12.0. The summed E-state index contributed by atoms with van der Waals surface area (Å²) in [6, 6.07) is 15.0. The van der Waals surface area contributed by atoms with E-state index in [0.717, 1.165) is 35.5 Å². The maximum atomic E-state index is 9.78. The Morgan fingerprint density at radius 2 is 1.05 bits per heavy atom. The third kappa shape index (κ3) is 17.1. The van der Waals surface area contributed by atoms with Crippen molar-refractivity contribution in [1.82, 2.24) is 0 Å². The smallest absolute Gasteiger partial charge is 0.161 e. The van der Waals surface area contributed by atoms with Crippen LogP contribution in [0.5, 0.6) is 17.2 Å². The van der Waals surface area contributed by atoms with Crippen LogP contribution in [0.15, 0.2) is 42.5 Å². The lowest BCUT2D eigenvalue weighted by atomic mass is 10.0. The number of rotatable bonds is 26. The molecule has 0 unspecified atom stereocenters. The van der Waals surface area contributed by atoms with Crippen molar-refractivity contribution in [2.75, 3.05) is 13.2 Å². The molecule has 4 nitrogen and oxygen atoms in total. The van der Waals surface area contributed by atoms with E-state index in [4.69, 9.17) is 9.47 Å². The summed E-state index contributed by atoms with van der Waals surface area (Å²) in [5, 5.41) is 19.4. The van der Waals surface area contributed by atoms with Crippen LogP contribution in [0, 0.1) is 11.3 Å². The molecule has 43 heavy (non-hydrogen) atoms. The number of allylic oxidation sites excluding steroid dienone is 1. The van der Waals surface area contributed by atoms with Crippen molar-refractivity contribution in [3.63, 3.8) is 0 Å². The molecule has 4 heteroatoms. The summed E-state index contributed by atoms with van der Waals surface area (Å²) < 4.78 is 12.5. The molecule has 0 saturated heterocycles. The van der Waals surface area contributed by atoms with Crippen molar-refractivity contribution in [2.24, 2.45) is 0 Å². The molecule has 0 fully saturated rings. The highest BCUT2D eigenvalue weighted by atomic mass is 16.5. The Morgan fingerprint density at radius 1 is 0.605 bits per heavy atom. The van der Waals surface area contributed by atoms with Crippen molar-refractivity contribution in [3.8, 4) is 23.3 Å². The number of aromatic hydroxyl groups is 1. The van der Waals surface area contributed by atoms with Gasteiger partial charge in [0.05, 0.1) is 24.9 Å². The lowest BCUT2D eigenvalue weighted by molar-refractivity contribution is 0.258. The van der Waals surface area contributed by atoms with Crippen LogP contribution in [0.3, 0.4) is 0 Å². The molecule has 2 aromatic rings. The number of nitrogens with zero attached hydrogens (tertiary/aromatic N) is 1. The molecule has 2 aromatic carbocycles. The van der Waals surface area contributed by atoms with Gasteiger partial charge in [-0.25, -0.2) is 0 Å². The quantitative estimate of drug-likeness (QED) is 0.0673. The Bertz CT molecular complexity index is 1040. The Kier molecular flexibility index (Phi) is 20.7. The minimum Gasteiger partial charge on any atom is -0.508 e. The molecule has 0 bridgehead atoms. The fourth-order valence-electron chi connectivity index (χ4n) is 5.38. The Hall–Kier alpha value is -2.93. The summed E-state index contributed by atoms with van der Waals surface area (Å²) >= 11 is 0. The first kappa shape index (κ1) is 36.3. The van der Waals surface area contributed by atoms with E-state index in [2.05, 4.69) is 19.9 Å². The Labute approximate surface area is 263 Å². The fraction of sp³-hybridized carbons (Fsp3) is 0.615. The van der Waals surface area contributed by atoms with Crippen LogP contribution in [0.2, 0.25) is 0 Å². The number of benzene rings is 2. The number of phenolic OH excluding ortho intramolecular Hbond substituents is 1. The first-order valence-electron chi connectivity index (χ1n) is 17.5. The van der Waals surface area contributed by atoms with E-state index in [1.165, 1.54) is 116 Å². The van der Waals surface area contributed by atoms with Gasteiger partial charge in [-0.2, -0.15) is 5.26 Å². The molecular formula is C39H59NO3. The van der Waals surface area contributed by atoms with E-state index in [1.807, 2.05) is 24.3 Å². The highest BCUT2D eigenvalue weighted by molar-refractivity contribution is 5.89. The zero-order chi connectivity index (χ0) is 30.8. The zero-order valence-electron chi connectivity index (χ0n) is 27.4. The lowest BCUT2D eigenvalue weighted by Gasteiger charge is -2.14. The minimum atomic E-state index is 0.188. The average Bonchev–Trinajstić information content (AvgIpc) is 3.02. The molecule has 0 aliphatic carbocycles. The normalized spacial score (nSPS) is 11.4. The summed E-state index contributed by atoms with van der Waals surface area (Å²) in [5.74, 6) is 1.72. The molecule has 0 saturated carbocycles. The predicted octanol–water partition coefficient (Wildman–Crippen LogP) is 12.1. The molecule has 0 atom stereocenters. The summed E-state index contributed by atoms with van der Waals surface area (Å²) in [7, 11) is 0. The number of ether oxygens (including phenoxy) is 2. The second-order valence-electron chi connectivity index (χ2n) is 12.0. The maximum absolute atomic E-state index is 9.78. The zero-order valence-corrected chi connectivity index (χ0v) is 27.4. The van der Waals surface area contributed by atoms with E-state index < -0.39 is 0 Å². The van der Waals surface area contributed by atoms with Gasteiger partial charge in [-0.1, -0.05) is 135 Å². The lowest BCUT2D eigenvalue weighted by Crippen LogP contribution is -2.03. The minimum absolute atomic E-state index is 0.188. The summed E-state index contributed by atoms with van der Waals surface area (Å²) in [6.45, 7) is 5.90. The third-order valence-electron chi connectivity index (χ3n) is 8.09. The molecule has 0 aromatic heterocycles. The van der Waals surface area contributed by atoms with Crippen LogP contribution < -0.4 is 9.47 Å². The van der Waals surface area contributed by atoms with Crippen molar-refractivity contribution >= 4 is 11.6 Å². The summed E-state index contributed by atoms with van der Waals surface area (Å²) in [4.78, 5) is 0. The van der Waals surface area contributed by atoms with Gasteiger partial charge in [-0.3, -0.25) is 0 Å². The Balaban J connectivity index is 1.86. The van der Waals surface area contributed by atoms with Gasteiger partial charge < -0.3 is 14.6 Å². The van der Waals surface area contributed by atoms with Crippen molar-refractivity contribution in [1.29, 1.82) is 5.26 Å². The highest BCUT2D eigenvalue weighted by Crippen LogP contribution is 2.31. The first-order valence-corrected chi connectivity index (χ1v) is 17.5. The van der Waals surface area contributed by atoms with Crippen LogP contribution in [-0.2, 0) is 0 Å². The number of unbranched alkanes of at least 4 members (excludes halogenated alkanes) is 18. The first-order chi connectivity index (χ1) is 21.2. The topological polar surface area (TPSA) is 62.5 Å². The Morgan fingerprint density at radius 3 is 1.51 bits per heavy atom. The van der Waals surface area contributed by atoms with Crippen LogP contribution in [-0.4, -0.2) is 18.3 Å². The van der Waals surface area contributed by atoms with Gasteiger partial charge in [0.25, 0.3) is 0 Å². The summed E-state index contributed by atoms with van der Waals surface area (Å²) in [6.07, 6.45) is 27.8. The number of hydrogen-bond acceptors (Lipinski definition) is 4. The maximum Gasteiger partial charge on any atom is 0.161 e. The molecular weight excluding hydrogens is 530 g/mol. The molecule has 2 rings (SSSR count). The van der Waals surface area contributed by atoms with Crippen LogP contribution in [0.25, 0.3) is 11.6 Å². The largest absolute Gasteiger partial charge is 0.508 e. The van der Waals surface area contributed by atoms with Crippen molar-refractivity contribution in [2.45, 2.75) is 142 Å². The number of hydrogen-bond donors (Lipinski definition) is 1. The van der Waals surface area contributed by atoms with Gasteiger partial charge >= 0.3 is 0 Å². The van der Waals surface area contributed by atoms with Gasteiger partial charge in [0.15, 0.2) is 11.5 Å². The average molecular weight is 590 g/mol. The van der Waals surface area contributed by atoms with Crippen molar-refractivity contribution in [3.05, 3.63) is 53.6 Å². The van der Waals surface area contributed by atoms with E-state index in [1.54, 1.807) is 24.3 Å². The van der Waals surface area contributed by atoms with Gasteiger partial charge in [-0.05, 0) is 66.4 Å².